The van der Waals surface area contributed by atoms with Gasteiger partial charge in [-0.2, -0.15) is 0 Å². The van der Waals surface area contributed by atoms with E-state index >= 15 is 0 Å². The number of esters is 1. The normalized spacial score (nSPS) is 11.9. The van der Waals surface area contributed by atoms with Gasteiger partial charge in [0.1, 0.15) is 6.04 Å². The van der Waals surface area contributed by atoms with Crippen molar-refractivity contribution in [2.75, 3.05) is 13.0 Å². The highest BCUT2D eigenvalue weighted by atomic mass is 35.5. The molecule has 0 aromatic rings. The Kier molecular flexibility index (Phi) is 8.09. The van der Waals surface area contributed by atoms with E-state index in [1.807, 2.05) is 0 Å². The van der Waals surface area contributed by atoms with Crippen molar-refractivity contribution in [1.82, 2.24) is 5.32 Å². The molecule has 0 radical (unpaired) electrons. The summed E-state index contributed by atoms with van der Waals surface area (Å²) < 4.78 is 4.59. The second kappa shape index (κ2) is 8.53. The van der Waals surface area contributed by atoms with Crippen LogP contribution in [0.3, 0.4) is 0 Å². The second-order valence-electron chi connectivity index (χ2n) is 3.31. The first kappa shape index (κ1) is 14.2. The molecular formula is C10H18ClNO3. The van der Waals surface area contributed by atoms with E-state index in [4.69, 9.17) is 11.6 Å². The molecule has 0 bridgehead atoms. The van der Waals surface area contributed by atoms with E-state index in [0.717, 1.165) is 19.3 Å². The molecule has 88 valence electrons. The van der Waals surface area contributed by atoms with E-state index in [9.17, 15) is 9.59 Å². The molecule has 4 nitrogen and oxygen atoms in total. The maximum Gasteiger partial charge on any atom is 0.328 e. The van der Waals surface area contributed by atoms with Crippen molar-refractivity contribution in [2.24, 2.45) is 0 Å². The van der Waals surface area contributed by atoms with Gasteiger partial charge in [0, 0.05) is 12.8 Å². The number of unbranched alkanes of at least 4 members (excludes halogenated alkanes) is 2. The summed E-state index contributed by atoms with van der Waals surface area (Å²) in [5.41, 5.74) is 0. The van der Waals surface area contributed by atoms with Crippen LogP contribution in [0.1, 0.15) is 32.6 Å². The topological polar surface area (TPSA) is 55.4 Å². The van der Waals surface area contributed by atoms with Gasteiger partial charge >= 0.3 is 5.97 Å². The van der Waals surface area contributed by atoms with Crippen LogP contribution >= 0.6 is 11.6 Å². The van der Waals surface area contributed by atoms with Gasteiger partial charge in [-0.25, -0.2) is 4.79 Å². The highest BCUT2D eigenvalue weighted by Crippen LogP contribution is 2.06. The number of carbonyl (C=O) groups is 2. The van der Waals surface area contributed by atoms with Crippen LogP contribution in [-0.4, -0.2) is 30.9 Å². The highest BCUT2D eigenvalue weighted by Gasteiger charge is 2.18. The van der Waals surface area contributed by atoms with E-state index in [1.54, 1.807) is 0 Å². The third kappa shape index (κ3) is 7.19. The fraction of sp³-hybridized carbons (Fsp3) is 0.800. The summed E-state index contributed by atoms with van der Waals surface area (Å²) in [5, 5.41) is 2.56. The summed E-state index contributed by atoms with van der Waals surface area (Å²) in [6.07, 6.45) is 3.34. The lowest BCUT2D eigenvalue weighted by atomic mass is 10.1. The van der Waals surface area contributed by atoms with Crippen LogP contribution in [0.25, 0.3) is 0 Å². The van der Waals surface area contributed by atoms with Gasteiger partial charge in [-0.15, -0.1) is 11.6 Å². The number of amides is 1. The van der Waals surface area contributed by atoms with Gasteiger partial charge < -0.3 is 10.1 Å². The number of nitrogens with one attached hydrogen (secondary N) is 1. The van der Waals surface area contributed by atoms with Gasteiger partial charge in [0.15, 0.2) is 0 Å². The molecule has 0 saturated heterocycles. The van der Waals surface area contributed by atoms with Crippen LogP contribution < -0.4 is 5.32 Å². The van der Waals surface area contributed by atoms with Crippen molar-refractivity contribution in [3.05, 3.63) is 0 Å². The fourth-order valence-electron chi connectivity index (χ4n) is 1.26. The maximum absolute atomic E-state index is 11.2. The summed E-state index contributed by atoms with van der Waals surface area (Å²) in [4.78, 5) is 22.1. The zero-order valence-corrected chi connectivity index (χ0v) is 9.97. The Balaban J connectivity index is 3.90. The lowest BCUT2D eigenvalue weighted by Gasteiger charge is -2.14. The van der Waals surface area contributed by atoms with Crippen molar-refractivity contribution in [2.45, 2.75) is 38.6 Å². The summed E-state index contributed by atoms with van der Waals surface area (Å²) in [6, 6.07) is -0.525. The second-order valence-corrected chi connectivity index (χ2v) is 3.69. The standard InChI is InChI=1S/C10H18ClNO3/c1-8(13)12-9(10(14)15-2)6-4-3-5-7-11/h9H,3-7H2,1-2H3,(H,12,13)/t9-/m1/s1. The molecule has 1 amide bonds. The Labute approximate surface area is 95.3 Å². The van der Waals surface area contributed by atoms with Gasteiger partial charge in [0.25, 0.3) is 0 Å². The van der Waals surface area contributed by atoms with E-state index in [1.165, 1.54) is 14.0 Å². The molecule has 0 aromatic heterocycles. The van der Waals surface area contributed by atoms with Crippen LogP contribution in [0.15, 0.2) is 0 Å². The number of halogens is 1. The molecule has 0 aliphatic heterocycles. The number of hydrogen-bond donors (Lipinski definition) is 1. The molecule has 0 aliphatic carbocycles. The Hall–Kier alpha value is -0.770. The van der Waals surface area contributed by atoms with E-state index in [-0.39, 0.29) is 5.91 Å². The molecule has 1 N–H and O–H groups in total. The third-order valence-corrected chi connectivity index (χ3v) is 2.26. The number of alkyl halides is 1. The number of rotatable bonds is 7. The van der Waals surface area contributed by atoms with Crippen molar-refractivity contribution in [3.63, 3.8) is 0 Å². The molecule has 5 heteroatoms. The summed E-state index contributed by atoms with van der Waals surface area (Å²) >= 11 is 5.53. The van der Waals surface area contributed by atoms with Crippen LogP contribution in [0, 0.1) is 0 Å². The molecule has 0 rings (SSSR count). The average Bonchev–Trinajstić information content (AvgIpc) is 2.21. The van der Waals surface area contributed by atoms with Crippen LogP contribution in [-0.2, 0) is 14.3 Å². The first-order valence-corrected chi connectivity index (χ1v) is 5.56. The first-order valence-electron chi connectivity index (χ1n) is 5.02. The predicted octanol–water partition coefficient (Wildman–Crippen LogP) is 1.46. The lowest BCUT2D eigenvalue weighted by Crippen LogP contribution is -2.40. The number of hydrogen-bond acceptors (Lipinski definition) is 3. The van der Waals surface area contributed by atoms with Gasteiger partial charge in [0.05, 0.1) is 7.11 Å². The average molecular weight is 236 g/mol. The molecule has 1 atom stereocenters. The van der Waals surface area contributed by atoms with Crippen LogP contribution in [0.5, 0.6) is 0 Å². The molecule has 0 unspecified atom stereocenters. The summed E-state index contributed by atoms with van der Waals surface area (Å²) in [6.45, 7) is 1.38. The maximum atomic E-state index is 11.2. The van der Waals surface area contributed by atoms with Crippen molar-refractivity contribution >= 4 is 23.5 Å². The Morgan fingerprint density at radius 2 is 2.00 bits per heavy atom. The van der Waals surface area contributed by atoms with E-state index in [0.29, 0.717) is 12.3 Å². The predicted molar refractivity (Wildman–Crippen MR) is 58.8 cm³/mol. The van der Waals surface area contributed by atoms with Crippen molar-refractivity contribution in [1.29, 1.82) is 0 Å². The van der Waals surface area contributed by atoms with Crippen LogP contribution in [0.4, 0.5) is 0 Å². The lowest BCUT2D eigenvalue weighted by molar-refractivity contribution is -0.145. The number of methoxy groups -OCH3 is 1. The summed E-state index contributed by atoms with van der Waals surface area (Å²) in [5.74, 6) is 0.0158. The zero-order chi connectivity index (χ0) is 11.7. The van der Waals surface area contributed by atoms with E-state index in [2.05, 4.69) is 10.1 Å². The first-order chi connectivity index (χ1) is 7.11. The van der Waals surface area contributed by atoms with Crippen molar-refractivity contribution in [3.8, 4) is 0 Å². The van der Waals surface area contributed by atoms with E-state index < -0.39 is 12.0 Å². The molecule has 0 saturated carbocycles. The smallest absolute Gasteiger partial charge is 0.328 e. The molecule has 0 spiro atoms. The molecule has 0 aliphatic rings. The quantitative estimate of drug-likeness (QED) is 0.413. The largest absolute Gasteiger partial charge is 0.467 e. The van der Waals surface area contributed by atoms with Crippen molar-refractivity contribution < 1.29 is 14.3 Å². The Morgan fingerprint density at radius 3 is 2.47 bits per heavy atom. The molecule has 0 heterocycles. The van der Waals surface area contributed by atoms with Gasteiger partial charge in [-0.05, 0) is 12.8 Å². The fourth-order valence-corrected chi connectivity index (χ4v) is 1.45. The molecule has 15 heavy (non-hydrogen) atoms. The Morgan fingerprint density at radius 1 is 1.33 bits per heavy atom. The van der Waals surface area contributed by atoms with Gasteiger partial charge in [-0.1, -0.05) is 12.8 Å². The zero-order valence-electron chi connectivity index (χ0n) is 9.22. The Bertz CT molecular complexity index is 209. The number of ether oxygens (including phenoxy) is 1. The molecule has 0 fully saturated rings. The number of carbonyl (C=O) groups excluding carboxylic acids is 2. The summed E-state index contributed by atoms with van der Waals surface area (Å²) in [7, 11) is 1.32. The minimum absolute atomic E-state index is 0.220. The van der Waals surface area contributed by atoms with Gasteiger partial charge in [-0.3, -0.25) is 4.79 Å². The molecule has 0 aromatic carbocycles. The third-order valence-electron chi connectivity index (χ3n) is 1.99. The minimum atomic E-state index is -0.525. The SMILES string of the molecule is COC(=O)[C@@H](CCCCCCl)NC(C)=O. The highest BCUT2D eigenvalue weighted by molar-refractivity contribution is 6.17. The van der Waals surface area contributed by atoms with Gasteiger partial charge in [0.2, 0.25) is 5.91 Å². The molecular weight excluding hydrogens is 218 g/mol. The minimum Gasteiger partial charge on any atom is -0.467 e. The monoisotopic (exact) mass is 235 g/mol. The van der Waals surface area contributed by atoms with Crippen LogP contribution in [0.2, 0.25) is 0 Å².